The van der Waals surface area contributed by atoms with Crippen LogP contribution in [0, 0.1) is 6.92 Å². The molecule has 42 heavy (non-hydrogen) atoms. The van der Waals surface area contributed by atoms with Crippen molar-refractivity contribution in [2.75, 3.05) is 18.5 Å². The standard InChI is InChI=1S/C32H32BrClN4O4/c1-3-41-28-16-21(15-26(34)30(28)42-19-29(39)36-24-12-9-20(2)10-13-24)18-35-38-31(22-7-5-4-6-8-22)37-27-14-11-23(33)17-25(27)32(38)40/h9-18,22H,3-8,19H2,1-2H3,(H,36,39). The van der Waals surface area contributed by atoms with Crippen LogP contribution in [0.1, 0.15) is 61.9 Å². The molecule has 1 aliphatic rings. The van der Waals surface area contributed by atoms with Gasteiger partial charge in [-0.3, -0.25) is 9.59 Å². The van der Waals surface area contributed by atoms with Crippen molar-refractivity contribution >= 4 is 56.2 Å². The third kappa shape index (κ3) is 7.02. The van der Waals surface area contributed by atoms with Crippen molar-refractivity contribution in [3.8, 4) is 11.5 Å². The van der Waals surface area contributed by atoms with E-state index >= 15 is 0 Å². The lowest BCUT2D eigenvalue weighted by molar-refractivity contribution is -0.118. The Labute approximate surface area is 257 Å². The largest absolute Gasteiger partial charge is 0.490 e. The van der Waals surface area contributed by atoms with Gasteiger partial charge in [-0.1, -0.05) is 64.5 Å². The molecular weight excluding hydrogens is 620 g/mol. The van der Waals surface area contributed by atoms with E-state index in [9.17, 15) is 9.59 Å². The van der Waals surface area contributed by atoms with Gasteiger partial charge in [0, 0.05) is 16.1 Å². The van der Waals surface area contributed by atoms with Crippen LogP contribution in [0.5, 0.6) is 11.5 Å². The van der Waals surface area contributed by atoms with Crippen LogP contribution in [-0.4, -0.2) is 35.0 Å². The molecule has 218 valence electrons. The molecule has 1 heterocycles. The summed E-state index contributed by atoms with van der Waals surface area (Å²) in [4.78, 5) is 31.0. The highest BCUT2D eigenvalue weighted by Crippen LogP contribution is 2.37. The minimum Gasteiger partial charge on any atom is -0.490 e. The molecule has 1 fully saturated rings. The van der Waals surface area contributed by atoms with Crippen LogP contribution in [0.2, 0.25) is 5.02 Å². The van der Waals surface area contributed by atoms with Gasteiger partial charge in [0.25, 0.3) is 11.5 Å². The van der Waals surface area contributed by atoms with E-state index < -0.39 is 0 Å². The van der Waals surface area contributed by atoms with Crippen LogP contribution in [-0.2, 0) is 4.79 Å². The summed E-state index contributed by atoms with van der Waals surface area (Å²) in [5, 5.41) is 8.16. The fourth-order valence-corrected chi connectivity index (χ4v) is 5.70. The van der Waals surface area contributed by atoms with Gasteiger partial charge in [0.15, 0.2) is 18.1 Å². The number of halogens is 2. The summed E-state index contributed by atoms with van der Waals surface area (Å²) in [7, 11) is 0. The predicted octanol–water partition coefficient (Wildman–Crippen LogP) is 7.47. The number of hydrogen-bond acceptors (Lipinski definition) is 6. The SMILES string of the molecule is CCOc1cc(C=Nn2c(C3CCCCC3)nc3ccc(Br)cc3c2=O)cc(Cl)c1OCC(=O)Nc1ccc(C)cc1. The predicted molar refractivity (Wildman–Crippen MR) is 170 cm³/mol. The average Bonchev–Trinajstić information content (AvgIpc) is 2.98. The highest BCUT2D eigenvalue weighted by atomic mass is 79.9. The number of benzene rings is 3. The van der Waals surface area contributed by atoms with Crippen LogP contribution in [0.3, 0.4) is 0 Å². The Hall–Kier alpha value is -3.69. The Balaban J connectivity index is 1.43. The van der Waals surface area contributed by atoms with E-state index in [1.165, 1.54) is 11.1 Å². The second-order valence-corrected chi connectivity index (χ2v) is 11.6. The quantitative estimate of drug-likeness (QED) is 0.190. The van der Waals surface area contributed by atoms with E-state index in [-0.39, 0.29) is 34.8 Å². The van der Waals surface area contributed by atoms with Gasteiger partial charge < -0.3 is 14.8 Å². The fourth-order valence-electron chi connectivity index (χ4n) is 5.06. The molecule has 1 N–H and O–H groups in total. The summed E-state index contributed by atoms with van der Waals surface area (Å²) in [5.74, 6) is 1.12. The maximum Gasteiger partial charge on any atom is 0.282 e. The molecule has 10 heteroatoms. The Morgan fingerprint density at radius 1 is 1.12 bits per heavy atom. The first-order valence-electron chi connectivity index (χ1n) is 14.0. The normalized spacial score (nSPS) is 13.9. The zero-order valence-electron chi connectivity index (χ0n) is 23.5. The van der Waals surface area contributed by atoms with Gasteiger partial charge in [-0.2, -0.15) is 9.78 Å². The van der Waals surface area contributed by atoms with E-state index in [1.54, 1.807) is 24.4 Å². The molecule has 5 rings (SSSR count). The monoisotopic (exact) mass is 650 g/mol. The van der Waals surface area contributed by atoms with E-state index in [0.717, 1.165) is 35.7 Å². The van der Waals surface area contributed by atoms with Crippen LogP contribution in [0.4, 0.5) is 5.69 Å². The minimum atomic E-state index is -0.326. The summed E-state index contributed by atoms with van der Waals surface area (Å²) in [6, 6.07) is 16.4. The molecule has 1 saturated carbocycles. The van der Waals surface area contributed by atoms with Crippen LogP contribution >= 0.6 is 27.5 Å². The van der Waals surface area contributed by atoms with Crippen molar-refractivity contribution in [3.63, 3.8) is 0 Å². The Kier molecular flexibility index (Phi) is 9.59. The lowest BCUT2D eigenvalue weighted by Crippen LogP contribution is -2.25. The molecule has 0 bridgehead atoms. The van der Waals surface area contributed by atoms with Gasteiger partial charge in [0.05, 0.1) is 28.7 Å². The topological polar surface area (TPSA) is 94.8 Å². The molecule has 3 aromatic carbocycles. The number of anilines is 1. The van der Waals surface area contributed by atoms with Crippen LogP contribution in [0.15, 0.2) is 69.0 Å². The smallest absolute Gasteiger partial charge is 0.282 e. The van der Waals surface area contributed by atoms with Crippen molar-refractivity contribution in [1.29, 1.82) is 0 Å². The zero-order chi connectivity index (χ0) is 29.6. The molecule has 8 nitrogen and oxygen atoms in total. The molecular formula is C32H32BrClN4O4. The molecule has 0 saturated heterocycles. The zero-order valence-corrected chi connectivity index (χ0v) is 25.9. The lowest BCUT2D eigenvalue weighted by atomic mass is 9.88. The maximum absolute atomic E-state index is 13.6. The van der Waals surface area contributed by atoms with Crippen molar-refractivity contribution < 1.29 is 14.3 Å². The van der Waals surface area contributed by atoms with E-state index in [0.29, 0.717) is 40.3 Å². The van der Waals surface area contributed by atoms with Crippen molar-refractivity contribution in [3.05, 3.63) is 91.4 Å². The summed E-state index contributed by atoms with van der Waals surface area (Å²) in [5.41, 5.74) is 2.81. The number of aryl methyl sites for hydroxylation is 1. The number of nitrogens with zero attached hydrogens (tertiary/aromatic N) is 3. The fraction of sp³-hybridized carbons (Fsp3) is 0.312. The number of rotatable bonds is 9. The summed E-state index contributed by atoms with van der Waals surface area (Å²) >= 11 is 10.1. The minimum absolute atomic E-state index is 0.154. The number of hydrogen-bond donors (Lipinski definition) is 1. The number of fused-ring (bicyclic) bond motifs is 1. The van der Waals surface area contributed by atoms with Gasteiger partial charge in [-0.15, -0.1) is 0 Å². The Bertz CT molecular complexity index is 1680. The van der Waals surface area contributed by atoms with Crippen molar-refractivity contribution in [2.24, 2.45) is 5.10 Å². The van der Waals surface area contributed by atoms with Crippen LogP contribution < -0.4 is 20.3 Å². The van der Waals surface area contributed by atoms with E-state index in [4.69, 9.17) is 26.1 Å². The summed E-state index contributed by atoms with van der Waals surface area (Å²) in [6.45, 7) is 3.93. The molecule has 0 spiro atoms. The third-order valence-corrected chi connectivity index (χ3v) is 7.91. The van der Waals surface area contributed by atoms with Crippen molar-refractivity contribution in [1.82, 2.24) is 9.66 Å². The van der Waals surface area contributed by atoms with E-state index in [1.807, 2.05) is 50.2 Å². The first-order chi connectivity index (χ1) is 20.3. The number of nitrogens with one attached hydrogen (secondary N) is 1. The molecule has 0 unspecified atom stereocenters. The van der Waals surface area contributed by atoms with E-state index in [2.05, 4.69) is 26.3 Å². The van der Waals surface area contributed by atoms with Gasteiger partial charge in [0.2, 0.25) is 0 Å². The molecule has 1 aliphatic carbocycles. The number of ether oxygens (including phenoxy) is 2. The average molecular weight is 652 g/mol. The number of amides is 1. The number of carbonyl (C=O) groups is 1. The maximum atomic E-state index is 13.6. The summed E-state index contributed by atoms with van der Waals surface area (Å²) in [6.07, 6.45) is 6.88. The second-order valence-electron chi connectivity index (χ2n) is 10.3. The third-order valence-electron chi connectivity index (χ3n) is 7.14. The van der Waals surface area contributed by atoms with Gasteiger partial charge in [0.1, 0.15) is 5.82 Å². The molecule has 0 radical (unpaired) electrons. The molecule has 0 aliphatic heterocycles. The van der Waals surface area contributed by atoms with Crippen molar-refractivity contribution in [2.45, 2.75) is 51.9 Å². The lowest BCUT2D eigenvalue weighted by Gasteiger charge is -2.22. The highest BCUT2D eigenvalue weighted by molar-refractivity contribution is 9.10. The van der Waals surface area contributed by atoms with Crippen LogP contribution in [0.25, 0.3) is 10.9 Å². The van der Waals surface area contributed by atoms with Gasteiger partial charge in [-0.25, -0.2) is 4.98 Å². The molecule has 4 aromatic rings. The molecule has 0 atom stereocenters. The molecule has 1 amide bonds. The highest BCUT2D eigenvalue weighted by Gasteiger charge is 2.23. The number of carbonyl (C=O) groups excluding carboxylic acids is 1. The second kappa shape index (κ2) is 13.5. The Morgan fingerprint density at radius 2 is 1.88 bits per heavy atom. The first kappa shape index (κ1) is 29.8. The first-order valence-corrected chi connectivity index (χ1v) is 15.2. The Morgan fingerprint density at radius 3 is 2.62 bits per heavy atom. The molecule has 1 aromatic heterocycles. The number of aromatic nitrogens is 2. The van der Waals surface area contributed by atoms with Gasteiger partial charge >= 0.3 is 0 Å². The summed E-state index contributed by atoms with van der Waals surface area (Å²) < 4.78 is 13.8. The van der Waals surface area contributed by atoms with Gasteiger partial charge in [-0.05, 0) is 74.7 Å².